The van der Waals surface area contributed by atoms with E-state index in [1.165, 1.54) is 42.3 Å². The summed E-state index contributed by atoms with van der Waals surface area (Å²) in [6, 6.07) is 20.3. The van der Waals surface area contributed by atoms with Gasteiger partial charge in [-0.3, -0.25) is 4.79 Å². The van der Waals surface area contributed by atoms with Crippen LogP contribution >= 0.6 is 0 Å². The normalized spacial score (nSPS) is 20.6. The number of aliphatic carboxylic acids is 2. The zero-order chi connectivity index (χ0) is 37.5. The van der Waals surface area contributed by atoms with Crippen molar-refractivity contribution < 1.29 is 53.5 Å². The smallest absolute Gasteiger partial charge is 0.349 e. The molecular formula is C39H42N2O11. The number of nitrogens with zero attached hydrogens (tertiary/aromatic N) is 1. The van der Waals surface area contributed by atoms with Crippen LogP contribution in [0.5, 0.6) is 0 Å². The lowest BCUT2D eigenvalue weighted by Gasteiger charge is -2.35. The number of rotatable bonds is 8. The highest BCUT2D eigenvalue weighted by molar-refractivity contribution is 5.95. The minimum absolute atomic E-state index is 0.0332. The predicted molar refractivity (Wildman–Crippen MR) is 188 cm³/mol. The second-order valence-corrected chi connectivity index (χ2v) is 13.2. The van der Waals surface area contributed by atoms with E-state index in [2.05, 4.69) is 22.0 Å². The van der Waals surface area contributed by atoms with Crippen LogP contribution in [0.1, 0.15) is 61.9 Å². The molecule has 0 spiro atoms. The van der Waals surface area contributed by atoms with Gasteiger partial charge in [-0.2, -0.15) is 0 Å². The van der Waals surface area contributed by atoms with Gasteiger partial charge in [0.15, 0.2) is 0 Å². The number of carbonyl (C=O) groups excluding carboxylic acids is 3. The Kier molecular flexibility index (Phi) is 12.1. The third kappa shape index (κ3) is 9.03. The van der Waals surface area contributed by atoms with E-state index in [-0.39, 0.29) is 29.1 Å². The molecule has 4 aromatic rings. The fourth-order valence-corrected chi connectivity index (χ4v) is 6.72. The van der Waals surface area contributed by atoms with Crippen molar-refractivity contribution in [2.24, 2.45) is 5.92 Å². The second kappa shape index (κ2) is 16.7. The summed E-state index contributed by atoms with van der Waals surface area (Å²) in [6.07, 6.45) is -2.37. The van der Waals surface area contributed by atoms with Crippen molar-refractivity contribution in [2.75, 3.05) is 26.7 Å². The molecule has 13 heteroatoms. The Morgan fingerprint density at radius 2 is 1.31 bits per heavy atom. The van der Waals surface area contributed by atoms with Crippen molar-refractivity contribution >= 4 is 40.7 Å². The molecule has 274 valence electrons. The summed E-state index contributed by atoms with van der Waals surface area (Å²) < 4.78 is 14.8. The Bertz CT molecular complexity index is 1840. The van der Waals surface area contributed by atoms with E-state index in [4.69, 9.17) is 14.2 Å². The van der Waals surface area contributed by atoms with Crippen molar-refractivity contribution in [1.29, 1.82) is 0 Å². The number of piperidine rings is 1. The molecule has 3 heterocycles. The number of nitrogens with one attached hydrogen (secondary N) is 1. The zero-order valence-corrected chi connectivity index (χ0v) is 29.1. The number of aliphatic hydroxyl groups excluding tert-OH is 1. The van der Waals surface area contributed by atoms with Gasteiger partial charge in [-0.15, -0.1) is 0 Å². The molecule has 0 aliphatic carbocycles. The van der Waals surface area contributed by atoms with Gasteiger partial charge in [-0.1, -0.05) is 53.6 Å². The van der Waals surface area contributed by atoms with E-state index in [9.17, 15) is 39.3 Å². The van der Waals surface area contributed by atoms with Crippen LogP contribution in [0, 0.1) is 19.8 Å². The lowest BCUT2D eigenvalue weighted by Crippen LogP contribution is -2.45. The van der Waals surface area contributed by atoms with Crippen molar-refractivity contribution in [2.45, 2.75) is 57.3 Å². The number of carboxylic acid groups (broad SMARTS) is 2. The van der Waals surface area contributed by atoms with Crippen LogP contribution in [0.2, 0.25) is 0 Å². The van der Waals surface area contributed by atoms with Gasteiger partial charge in [0.25, 0.3) is 0 Å². The first-order chi connectivity index (χ1) is 24.8. The number of aromatic nitrogens is 1. The zero-order valence-electron chi connectivity index (χ0n) is 29.1. The van der Waals surface area contributed by atoms with Crippen LogP contribution in [0.25, 0.3) is 10.9 Å². The van der Waals surface area contributed by atoms with Gasteiger partial charge < -0.3 is 39.4 Å². The van der Waals surface area contributed by atoms with E-state index in [1.807, 2.05) is 12.1 Å². The van der Waals surface area contributed by atoms with Crippen LogP contribution in [-0.4, -0.2) is 100 Å². The summed E-state index contributed by atoms with van der Waals surface area (Å²) in [5.41, 5.74) is 5.10. The summed E-state index contributed by atoms with van der Waals surface area (Å²) >= 11 is 0. The average Bonchev–Trinajstić information content (AvgIpc) is 3.50. The van der Waals surface area contributed by atoms with Crippen molar-refractivity contribution in [1.82, 2.24) is 9.88 Å². The molecular weight excluding hydrogens is 672 g/mol. The number of esters is 3. The number of fused-ring (bicyclic) bond motifs is 5. The van der Waals surface area contributed by atoms with E-state index < -0.39 is 36.1 Å². The highest BCUT2D eigenvalue weighted by atomic mass is 16.6. The fraction of sp³-hybridized carbons (Fsp3) is 0.359. The van der Waals surface area contributed by atoms with Crippen LogP contribution in [0.3, 0.4) is 0 Å². The third-order valence-electron chi connectivity index (χ3n) is 9.32. The minimum atomic E-state index is -2.22. The molecule has 2 aliphatic heterocycles. The number of methoxy groups -OCH3 is 1. The minimum Gasteiger partial charge on any atom is -0.478 e. The molecule has 2 aliphatic rings. The van der Waals surface area contributed by atoms with Crippen LogP contribution < -0.4 is 0 Å². The molecule has 6 unspecified atom stereocenters. The maximum atomic E-state index is 12.5. The number of hydrogen-bond acceptors (Lipinski definition) is 10. The molecule has 6 rings (SSSR count). The van der Waals surface area contributed by atoms with Gasteiger partial charge in [0.1, 0.15) is 0 Å². The molecule has 4 N–H and O–H groups in total. The van der Waals surface area contributed by atoms with E-state index >= 15 is 0 Å². The molecule has 3 aromatic carbocycles. The number of para-hydroxylation sites is 1. The largest absolute Gasteiger partial charge is 0.478 e. The van der Waals surface area contributed by atoms with Crippen LogP contribution in [0.15, 0.2) is 72.8 Å². The topological polar surface area (TPSA) is 193 Å². The Hall–Kier alpha value is -5.53. The third-order valence-corrected chi connectivity index (χ3v) is 9.32. The number of H-pyrrole nitrogens is 1. The number of hydrogen-bond donors (Lipinski definition) is 4. The maximum Gasteiger partial charge on any atom is 0.349 e. The number of carboxylic acids is 2. The average molecular weight is 715 g/mol. The van der Waals surface area contributed by atoms with Gasteiger partial charge in [0.2, 0.25) is 12.2 Å². The quantitative estimate of drug-likeness (QED) is 0.150. The van der Waals surface area contributed by atoms with Gasteiger partial charge in [0, 0.05) is 36.2 Å². The molecule has 0 amide bonds. The molecule has 6 atom stereocenters. The van der Waals surface area contributed by atoms with Crippen LogP contribution in [-0.2, 0) is 35.0 Å². The van der Waals surface area contributed by atoms with Gasteiger partial charge in [-0.25, -0.2) is 19.2 Å². The lowest BCUT2D eigenvalue weighted by molar-refractivity contribution is -0.166. The van der Waals surface area contributed by atoms with Crippen molar-refractivity contribution in [3.05, 3.63) is 106 Å². The summed E-state index contributed by atoms with van der Waals surface area (Å²) in [5, 5.41) is 30.0. The maximum absolute atomic E-state index is 12.5. The SMILES string of the molecule is COC(=O)C1CC2CC(O)CN(CCc3c1[nH]c1ccccc31)C2.Cc1ccc(C(=O)OC(C(=O)O)C(OC(=O)c2ccc(C)cc2)C(=O)O)cc1. The molecule has 0 radical (unpaired) electrons. The number of benzene rings is 3. The first-order valence-corrected chi connectivity index (χ1v) is 16.9. The number of ether oxygens (including phenoxy) is 3. The highest BCUT2D eigenvalue weighted by Crippen LogP contribution is 2.36. The Morgan fingerprint density at radius 3 is 1.83 bits per heavy atom. The lowest BCUT2D eigenvalue weighted by atomic mass is 9.85. The number of aromatic amines is 1. The summed E-state index contributed by atoms with van der Waals surface area (Å²) in [5.74, 6) is -5.77. The van der Waals surface area contributed by atoms with E-state index in [0.717, 1.165) is 61.2 Å². The predicted octanol–water partition coefficient (Wildman–Crippen LogP) is 4.28. The molecule has 52 heavy (non-hydrogen) atoms. The number of carbonyl (C=O) groups is 5. The molecule has 0 saturated carbocycles. The van der Waals surface area contributed by atoms with Gasteiger partial charge in [-0.05, 0) is 74.9 Å². The monoisotopic (exact) mass is 714 g/mol. The fourth-order valence-electron chi connectivity index (χ4n) is 6.72. The van der Waals surface area contributed by atoms with Crippen molar-refractivity contribution in [3.63, 3.8) is 0 Å². The molecule has 2 bridgehead atoms. The molecule has 1 aromatic heterocycles. The van der Waals surface area contributed by atoms with Crippen LogP contribution in [0.4, 0.5) is 0 Å². The standard InChI is InChI=1S/C20H18O8.C19H24N2O3/c1-11-3-7-13(8-4-11)19(25)27-15(17(21)22)16(18(23)24)28-20(26)14-9-5-12(2)6-10-14;1-24-19(23)16-9-12-8-13(22)11-21(10-12)7-6-15-14-4-2-3-5-17(14)20-18(15)16/h3-10,15-16H,1-2H3,(H,21,22)(H,23,24);2-5,12-13,16,20,22H,6-11H2,1H3. The first-order valence-electron chi connectivity index (χ1n) is 16.9. The number of aliphatic hydroxyl groups is 1. The summed E-state index contributed by atoms with van der Waals surface area (Å²) in [4.78, 5) is 65.7. The van der Waals surface area contributed by atoms with Crippen molar-refractivity contribution in [3.8, 4) is 0 Å². The van der Waals surface area contributed by atoms with E-state index in [0.29, 0.717) is 5.92 Å². The van der Waals surface area contributed by atoms with Gasteiger partial charge >= 0.3 is 29.8 Å². The van der Waals surface area contributed by atoms with Gasteiger partial charge in [0.05, 0.1) is 30.3 Å². The Morgan fingerprint density at radius 1 is 0.769 bits per heavy atom. The molecule has 1 fully saturated rings. The summed E-state index contributed by atoms with van der Waals surface area (Å²) in [6.45, 7) is 6.18. The Labute approximate surface area is 300 Å². The Balaban J connectivity index is 0.000000203. The molecule has 1 saturated heterocycles. The number of aryl methyl sites for hydroxylation is 2. The second-order valence-electron chi connectivity index (χ2n) is 13.2. The highest BCUT2D eigenvalue weighted by Gasteiger charge is 2.41. The molecule has 13 nitrogen and oxygen atoms in total. The first kappa shape index (κ1) is 37.7. The summed E-state index contributed by atoms with van der Waals surface area (Å²) in [7, 11) is 1.46. The van der Waals surface area contributed by atoms with E-state index in [1.54, 1.807) is 38.1 Å².